The third kappa shape index (κ3) is 3.17. The lowest BCUT2D eigenvalue weighted by Gasteiger charge is -2.38. The molecule has 3 aliphatic heterocycles. The highest BCUT2D eigenvalue weighted by atomic mass is 16.7. The van der Waals surface area contributed by atoms with E-state index in [0.29, 0.717) is 13.0 Å². The first-order chi connectivity index (χ1) is 8.98. The Kier molecular flexibility index (Phi) is 3.43. The van der Waals surface area contributed by atoms with Crippen LogP contribution in [-0.4, -0.2) is 54.1 Å². The van der Waals surface area contributed by atoms with Crippen LogP contribution in [0.5, 0.6) is 0 Å². The number of aliphatic hydroxyl groups excluding tert-OH is 1. The third-order valence-electron chi connectivity index (χ3n) is 3.94. The van der Waals surface area contributed by atoms with E-state index in [1.165, 1.54) is 0 Å². The maximum Gasteiger partial charge on any atom is 0.163 e. The van der Waals surface area contributed by atoms with Gasteiger partial charge in [-0.15, -0.1) is 6.58 Å². The van der Waals surface area contributed by atoms with Crippen LogP contribution in [0.3, 0.4) is 0 Å². The Morgan fingerprint density at radius 3 is 2.47 bits per heavy atom. The van der Waals surface area contributed by atoms with Crippen molar-refractivity contribution in [2.75, 3.05) is 6.61 Å². The van der Waals surface area contributed by atoms with Crippen LogP contribution in [0.15, 0.2) is 12.7 Å². The highest BCUT2D eigenvalue weighted by Gasteiger charge is 2.49. The second-order valence-electron chi connectivity index (χ2n) is 5.99. The summed E-state index contributed by atoms with van der Waals surface area (Å²) in [5.41, 5.74) is 0. The zero-order chi connectivity index (χ0) is 13.6. The number of epoxide rings is 2. The molecule has 0 aromatic rings. The lowest BCUT2D eigenvalue weighted by molar-refractivity contribution is -0.305. The fourth-order valence-corrected chi connectivity index (χ4v) is 2.68. The van der Waals surface area contributed by atoms with E-state index in [-0.39, 0.29) is 30.5 Å². The zero-order valence-electron chi connectivity index (χ0n) is 11.5. The largest absolute Gasteiger partial charge is 0.388 e. The van der Waals surface area contributed by atoms with E-state index in [0.717, 1.165) is 6.42 Å². The van der Waals surface area contributed by atoms with Gasteiger partial charge in [0.05, 0.1) is 31.0 Å². The van der Waals surface area contributed by atoms with Crippen LogP contribution in [0.25, 0.3) is 0 Å². The van der Waals surface area contributed by atoms with Crippen molar-refractivity contribution in [3.05, 3.63) is 12.7 Å². The first-order valence-corrected chi connectivity index (χ1v) is 6.92. The van der Waals surface area contributed by atoms with Gasteiger partial charge in [0.1, 0.15) is 12.2 Å². The van der Waals surface area contributed by atoms with E-state index in [9.17, 15) is 5.11 Å². The molecule has 3 saturated heterocycles. The summed E-state index contributed by atoms with van der Waals surface area (Å²) in [5.74, 6) is -0.623. The van der Waals surface area contributed by atoms with Crippen LogP contribution >= 0.6 is 0 Å². The van der Waals surface area contributed by atoms with E-state index in [2.05, 4.69) is 6.58 Å². The number of aliphatic hydroxyl groups is 1. The molecule has 0 radical (unpaired) electrons. The Labute approximate surface area is 113 Å². The van der Waals surface area contributed by atoms with Crippen molar-refractivity contribution in [3.63, 3.8) is 0 Å². The first-order valence-electron chi connectivity index (χ1n) is 6.92. The van der Waals surface area contributed by atoms with Crippen molar-refractivity contribution in [1.82, 2.24) is 0 Å². The molecule has 3 fully saturated rings. The number of hydrogen-bond donors (Lipinski definition) is 1. The highest BCUT2D eigenvalue weighted by molar-refractivity contribution is 5.02. The van der Waals surface area contributed by atoms with Gasteiger partial charge in [-0.05, 0) is 13.8 Å². The quantitative estimate of drug-likeness (QED) is 0.596. The molecular formula is C14H22O5. The summed E-state index contributed by atoms with van der Waals surface area (Å²) in [7, 11) is 0. The fraction of sp³-hybridized carbons (Fsp3) is 0.857. The van der Waals surface area contributed by atoms with E-state index in [4.69, 9.17) is 18.9 Å². The molecule has 3 heterocycles. The number of rotatable bonds is 5. The molecule has 0 aromatic heterocycles. The smallest absolute Gasteiger partial charge is 0.163 e. The van der Waals surface area contributed by atoms with Crippen molar-refractivity contribution in [2.24, 2.45) is 0 Å². The van der Waals surface area contributed by atoms with Crippen molar-refractivity contribution in [3.8, 4) is 0 Å². The lowest BCUT2D eigenvalue weighted by Crippen LogP contribution is -2.49. The van der Waals surface area contributed by atoms with Gasteiger partial charge in [-0.25, -0.2) is 0 Å². The Morgan fingerprint density at radius 1 is 1.16 bits per heavy atom. The summed E-state index contributed by atoms with van der Waals surface area (Å²) >= 11 is 0. The minimum atomic E-state index is -0.623. The van der Waals surface area contributed by atoms with E-state index in [1.54, 1.807) is 0 Å². The third-order valence-corrected chi connectivity index (χ3v) is 3.94. The summed E-state index contributed by atoms with van der Waals surface area (Å²) in [6.07, 6.45) is 3.53. The van der Waals surface area contributed by atoms with Gasteiger partial charge in [0, 0.05) is 12.8 Å². The Morgan fingerprint density at radius 2 is 1.84 bits per heavy atom. The molecule has 108 valence electrons. The molecule has 3 rings (SSSR count). The van der Waals surface area contributed by atoms with Crippen molar-refractivity contribution in [1.29, 1.82) is 0 Å². The van der Waals surface area contributed by atoms with E-state index in [1.807, 2.05) is 19.9 Å². The summed E-state index contributed by atoms with van der Waals surface area (Å²) in [6, 6.07) is 0. The molecular weight excluding hydrogens is 248 g/mol. The molecule has 5 nitrogen and oxygen atoms in total. The number of ether oxygens (including phenoxy) is 4. The molecule has 0 aliphatic carbocycles. The van der Waals surface area contributed by atoms with Gasteiger partial charge in [-0.1, -0.05) is 6.08 Å². The topological polar surface area (TPSA) is 63.8 Å². The minimum absolute atomic E-state index is 0.170. The van der Waals surface area contributed by atoms with Crippen LogP contribution in [-0.2, 0) is 18.9 Å². The summed E-state index contributed by atoms with van der Waals surface area (Å²) in [6.45, 7) is 7.75. The highest BCUT2D eigenvalue weighted by Crippen LogP contribution is 2.39. The molecule has 1 N–H and O–H groups in total. The molecule has 0 spiro atoms. The summed E-state index contributed by atoms with van der Waals surface area (Å²) < 4.78 is 22.2. The number of hydrogen-bond acceptors (Lipinski definition) is 5. The van der Waals surface area contributed by atoms with Gasteiger partial charge in [0.2, 0.25) is 0 Å². The van der Waals surface area contributed by atoms with Crippen molar-refractivity contribution in [2.45, 2.75) is 69.1 Å². The van der Waals surface area contributed by atoms with Crippen LogP contribution < -0.4 is 0 Å². The fourth-order valence-electron chi connectivity index (χ4n) is 2.68. The molecule has 3 aliphatic rings. The van der Waals surface area contributed by atoms with Crippen molar-refractivity contribution >= 4 is 0 Å². The van der Waals surface area contributed by atoms with Crippen LogP contribution in [0, 0.1) is 0 Å². The van der Waals surface area contributed by atoms with E-state index < -0.39 is 11.9 Å². The monoisotopic (exact) mass is 270 g/mol. The van der Waals surface area contributed by atoms with Crippen LogP contribution in [0.2, 0.25) is 0 Å². The lowest BCUT2D eigenvalue weighted by atomic mass is 10.0. The van der Waals surface area contributed by atoms with Crippen molar-refractivity contribution < 1.29 is 24.1 Å². The molecule has 0 saturated carbocycles. The summed E-state index contributed by atoms with van der Waals surface area (Å²) in [4.78, 5) is 0. The molecule has 5 heteroatoms. The summed E-state index contributed by atoms with van der Waals surface area (Å²) in [5, 5.41) is 9.89. The molecule has 0 amide bonds. The van der Waals surface area contributed by atoms with Gasteiger partial charge in [-0.3, -0.25) is 0 Å². The van der Waals surface area contributed by atoms with Gasteiger partial charge in [0.25, 0.3) is 0 Å². The Bertz CT molecular complexity index is 356. The SMILES string of the molecule is C=C[C@H]1O[C@@H]1C[C@H]1O[C@@H]1C[C@@H]1OC(C)(C)OC[C@H]1O. The average molecular weight is 270 g/mol. The second-order valence-corrected chi connectivity index (χ2v) is 5.99. The molecule has 0 bridgehead atoms. The predicted octanol–water partition coefficient (Wildman–Crippen LogP) is 1.000. The van der Waals surface area contributed by atoms with Gasteiger partial charge in [-0.2, -0.15) is 0 Å². The molecule has 0 aromatic carbocycles. The Balaban J connectivity index is 1.43. The molecule has 6 atom stereocenters. The molecule has 0 unspecified atom stereocenters. The Hall–Kier alpha value is -0.460. The van der Waals surface area contributed by atoms with Crippen LogP contribution in [0.1, 0.15) is 26.7 Å². The van der Waals surface area contributed by atoms with Gasteiger partial charge in [0.15, 0.2) is 5.79 Å². The second kappa shape index (κ2) is 4.82. The standard InChI is InChI=1S/C14H22O5/c1-4-9-11(17-9)6-13-12(18-13)5-10-8(15)7-16-14(2,3)19-10/h4,8-13,15H,1,5-7H2,2-3H3/t8-,9-,10+,11-,12-,13-/m1/s1. The first kappa shape index (κ1) is 13.5. The van der Waals surface area contributed by atoms with E-state index >= 15 is 0 Å². The maximum atomic E-state index is 9.89. The molecule has 19 heavy (non-hydrogen) atoms. The minimum Gasteiger partial charge on any atom is -0.388 e. The average Bonchev–Trinajstić information content (AvgIpc) is 3.24. The van der Waals surface area contributed by atoms with Gasteiger partial charge >= 0.3 is 0 Å². The van der Waals surface area contributed by atoms with Crippen LogP contribution in [0.4, 0.5) is 0 Å². The predicted molar refractivity (Wildman–Crippen MR) is 67.7 cm³/mol. The zero-order valence-corrected chi connectivity index (χ0v) is 11.5. The van der Waals surface area contributed by atoms with Gasteiger partial charge < -0.3 is 24.1 Å². The maximum absolute atomic E-state index is 9.89. The normalized spacial score (nSPS) is 47.7.